The number of hydrogen-bond donors (Lipinski definition) is 0. The summed E-state index contributed by atoms with van der Waals surface area (Å²) >= 11 is 0. The van der Waals surface area contributed by atoms with Crippen LogP contribution in [0, 0.1) is 11.3 Å². The molecule has 0 N–H and O–H groups in total. The molecule has 0 bridgehead atoms. The van der Waals surface area contributed by atoms with Gasteiger partial charge in [-0.05, 0) is 39.0 Å². The van der Waals surface area contributed by atoms with E-state index in [9.17, 15) is 4.79 Å². The number of nitrogens with zero attached hydrogens (tertiary/aromatic N) is 2. The van der Waals surface area contributed by atoms with Crippen LogP contribution in [0.1, 0.15) is 26.3 Å². The lowest BCUT2D eigenvalue weighted by atomic mass is 10.1. The molecule has 2 aromatic rings. The molecule has 1 heterocycles. The number of nitriles is 1. The number of pyridine rings is 1. The summed E-state index contributed by atoms with van der Waals surface area (Å²) in [5, 5.41) is 8.82. The first-order chi connectivity index (χ1) is 10.6. The van der Waals surface area contributed by atoms with Crippen LogP contribution in [0.25, 0.3) is 11.3 Å². The van der Waals surface area contributed by atoms with Crippen molar-refractivity contribution < 1.29 is 4.74 Å². The van der Waals surface area contributed by atoms with Crippen LogP contribution in [-0.2, 0) is 13.0 Å². The summed E-state index contributed by atoms with van der Waals surface area (Å²) in [4.78, 5) is 12.5. The van der Waals surface area contributed by atoms with Gasteiger partial charge in [0.05, 0.1) is 24.3 Å². The van der Waals surface area contributed by atoms with Crippen molar-refractivity contribution in [3.63, 3.8) is 0 Å². The maximum atomic E-state index is 12.5. The second-order valence-corrected chi connectivity index (χ2v) is 5.29. The Hall–Kier alpha value is -2.54. The third kappa shape index (κ3) is 3.20. The van der Waals surface area contributed by atoms with Gasteiger partial charge in [-0.2, -0.15) is 5.26 Å². The molecule has 4 heteroatoms. The maximum absolute atomic E-state index is 12.5. The normalized spacial score (nSPS) is 10.5. The summed E-state index contributed by atoms with van der Waals surface area (Å²) in [5.41, 5.74) is 2.11. The molecular formula is C18H20N2O2. The first-order valence-corrected chi connectivity index (χ1v) is 7.44. The maximum Gasteiger partial charge on any atom is 0.255 e. The zero-order valence-corrected chi connectivity index (χ0v) is 13.2. The molecule has 22 heavy (non-hydrogen) atoms. The van der Waals surface area contributed by atoms with E-state index in [4.69, 9.17) is 10.00 Å². The Bertz CT molecular complexity index is 754. The van der Waals surface area contributed by atoms with E-state index in [1.807, 2.05) is 57.2 Å². The van der Waals surface area contributed by atoms with Crippen LogP contribution in [0.3, 0.4) is 0 Å². The summed E-state index contributed by atoms with van der Waals surface area (Å²) < 4.78 is 7.54. The fraction of sp³-hybridized carbons (Fsp3) is 0.333. The molecule has 0 saturated carbocycles. The van der Waals surface area contributed by atoms with Crippen LogP contribution in [0.15, 0.2) is 41.2 Å². The van der Waals surface area contributed by atoms with E-state index in [0.29, 0.717) is 12.1 Å². The average Bonchev–Trinajstić information content (AvgIpc) is 2.49. The number of ether oxygens (including phenoxy) is 1. The van der Waals surface area contributed by atoms with Gasteiger partial charge in [0, 0.05) is 17.7 Å². The van der Waals surface area contributed by atoms with Gasteiger partial charge in [0.2, 0.25) is 0 Å². The summed E-state index contributed by atoms with van der Waals surface area (Å²) in [6, 6.07) is 13.4. The fourth-order valence-electron chi connectivity index (χ4n) is 2.43. The van der Waals surface area contributed by atoms with Crippen molar-refractivity contribution in [2.75, 3.05) is 0 Å². The minimum absolute atomic E-state index is 0.0563. The minimum atomic E-state index is -0.110. The van der Waals surface area contributed by atoms with Crippen molar-refractivity contribution in [1.29, 1.82) is 5.26 Å². The number of hydrogen-bond acceptors (Lipinski definition) is 3. The highest BCUT2D eigenvalue weighted by atomic mass is 16.5. The molecule has 0 aliphatic carbocycles. The van der Waals surface area contributed by atoms with Gasteiger partial charge >= 0.3 is 0 Å². The van der Waals surface area contributed by atoms with E-state index in [1.165, 1.54) is 0 Å². The average molecular weight is 296 g/mol. The topological polar surface area (TPSA) is 55.0 Å². The minimum Gasteiger partial charge on any atom is -0.490 e. The molecule has 0 atom stereocenters. The molecule has 1 aromatic carbocycles. The zero-order valence-electron chi connectivity index (χ0n) is 13.2. The lowest BCUT2D eigenvalue weighted by Crippen LogP contribution is -2.24. The van der Waals surface area contributed by atoms with E-state index in [1.54, 1.807) is 10.6 Å². The molecule has 4 nitrogen and oxygen atoms in total. The predicted octanol–water partition coefficient (Wildman–Crippen LogP) is 3.39. The molecule has 0 aliphatic rings. The van der Waals surface area contributed by atoms with Gasteiger partial charge in [0.1, 0.15) is 5.75 Å². The quantitative estimate of drug-likeness (QED) is 0.850. The fourth-order valence-corrected chi connectivity index (χ4v) is 2.43. The molecule has 2 rings (SSSR count). The van der Waals surface area contributed by atoms with E-state index in [-0.39, 0.29) is 18.1 Å². The molecule has 0 fully saturated rings. The zero-order chi connectivity index (χ0) is 16.1. The van der Waals surface area contributed by atoms with Crippen molar-refractivity contribution in [1.82, 2.24) is 4.57 Å². The SMILES string of the molecule is CCn1c(-c2ccccc2OC(C)C)ccc(CC#N)c1=O. The van der Waals surface area contributed by atoms with Gasteiger partial charge in [0.25, 0.3) is 5.56 Å². The summed E-state index contributed by atoms with van der Waals surface area (Å²) in [6.07, 6.45) is 0.185. The van der Waals surface area contributed by atoms with Crippen molar-refractivity contribution in [2.45, 2.75) is 39.8 Å². The van der Waals surface area contributed by atoms with Crippen molar-refractivity contribution in [3.8, 4) is 23.1 Å². The first kappa shape index (κ1) is 15.8. The third-order valence-electron chi connectivity index (χ3n) is 3.36. The molecular weight excluding hydrogens is 276 g/mol. The highest BCUT2D eigenvalue weighted by molar-refractivity contribution is 5.67. The number of rotatable bonds is 5. The van der Waals surface area contributed by atoms with E-state index in [0.717, 1.165) is 17.0 Å². The summed E-state index contributed by atoms with van der Waals surface area (Å²) in [7, 11) is 0. The Labute approximate surface area is 130 Å². The molecule has 0 radical (unpaired) electrons. The summed E-state index contributed by atoms with van der Waals surface area (Å²) in [5.74, 6) is 0.757. The van der Waals surface area contributed by atoms with Crippen molar-refractivity contribution in [3.05, 3.63) is 52.3 Å². The van der Waals surface area contributed by atoms with Crippen LogP contribution in [0.2, 0.25) is 0 Å². The van der Waals surface area contributed by atoms with Crippen molar-refractivity contribution >= 4 is 0 Å². The third-order valence-corrected chi connectivity index (χ3v) is 3.36. The Morgan fingerprint density at radius 3 is 2.59 bits per heavy atom. The Morgan fingerprint density at radius 2 is 1.95 bits per heavy atom. The van der Waals surface area contributed by atoms with E-state index >= 15 is 0 Å². The Balaban J connectivity index is 2.61. The Morgan fingerprint density at radius 1 is 1.23 bits per heavy atom. The first-order valence-electron chi connectivity index (χ1n) is 7.44. The second kappa shape index (κ2) is 6.95. The molecule has 1 aromatic heterocycles. The summed E-state index contributed by atoms with van der Waals surface area (Å²) in [6.45, 7) is 6.41. The lowest BCUT2D eigenvalue weighted by molar-refractivity contribution is 0.243. The van der Waals surface area contributed by atoms with Gasteiger partial charge in [0.15, 0.2) is 0 Å². The number of aromatic nitrogens is 1. The largest absolute Gasteiger partial charge is 0.490 e. The molecule has 0 amide bonds. The van der Waals surface area contributed by atoms with Gasteiger partial charge in [-0.15, -0.1) is 0 Å². The van der Waals surface area contributed by atoms with Crippen LogP contribution >= 0.6 is 0 Å². The van der Waals surface area contributed by atoms with E-state index < -0.39 is 0 Å². The highest BCUT2D eigenvalue weighted by Gasteiger charge is 2.13. The van der Waals surface area contributed by atoms with Crippen LogP contribution < -0.4 is 10.3 Å². The van der Waals surface area contributed by atoms with Crippen molar-refractivity contribution in [2.24, 2.45) is 0 Å². The lowest BCUT2D eigenvalue weighted by Gasteiger charge is -2.17. The molecule has 0 saturated heterocycles. The number of para-hydroxylation sites is 1. The number of benzene rings is 1. The monoisotopic (exact) mass is 296 g/mol. The predicted molar refractivity (Wildman–Crippen MR) is 86.9 cm³/mol. The molecule has 0 aliphatic heterocycles. The highest BCUT2D eigenvalue weighted by Crippen LogP contribution is 2.30. The van der Waals surface area contributed by atoms with Crippen LogP contribution in [-0.4, -0.2) is 10.7 Å². The van der Waals surface area contributed by atoms with E-state index in [2.05, 4.69) is 0 Å². The van der Waals surface area contributed by atoms with Crippen LogP contribution in [0.4, 0.5) is 0 Å². The van der Waals surface area contributed by atoms with Crippen LogP contribution in [0.5, 0.6) is 5.75 Å². The standard InChI is InChI=1S/C18H20N2O2/c1-4-20-16(10-9-14(11-12-19)18(20)21)15-7-5-6-8-17(15)22-13(2)3/h5-10,13H,4,11H2,1-3H3. The van der Waals surface area contributed by atoms with Gasteiger partial charge < -0.3 is 9.30 Å². The second-order valence-electron chi connectivity index (χ2n) is 5.29. The molecule has 114 valence electrons. The van der Waals surface area contributed by atoms with Gasteiger partial charge in [-0.1, -0.05) is 18.2 Å². The molecule has 0 spiro atoms. The smallest absolute Gasteiger partial charge is 0.255 e. The van der Waals surface area contributed by atoms with Gasteiger partial charge in [-0.3, -0.25) is 4.79 Å². The van der Waals surface area contributed by atoms with Gasteiger partial charge in [-0.25, -0.2) is 0 Å². The molecule has 0 unspecified atom stereocenters. The Kier molecular flexibility index (Phi) is 5.00.